The molecule has 0 fully saturated rings. The monoisotopic (exact) mass is 240 g/mol. The molecule has 0 spiro atoms. The fraction of sp³-hybridized carbons (Fsp3) is 0.538. The first-order chi connectivity index (χ1) is 7.76. The summed E-state index contributed by atoms with van der Waals surface area (Å²) in [6.45, 7) is 2.03. The maximum Gasteiger partial charge on any atom is 0.0774 e. The van der Waals surface area contributed by atoms with Crippen LogP contribution in [0.15, 0.2) is 29.2 Å². The van der Waals surface area contributed by atoms with E-state index in [1.807, 2.05) is 11.8 Å². The molecule has 0 aliphatic heterocycles. The molecule has 1 unspecified atom stereocenters. The molecule has 90 valence electrons. The maximum atomic E-state index is 9.24. The first-order valence-electron chi connectivity index (χ1n) is 5.77. The Labute approximate surface area is 102 Å². The van der Waals surface area contributed by atoms with E-state index >= 15 is 0 Å². The molecule has 0 heterocycles. The molecule has 16 heavy (non-hydrogen) atoms. The minimum Gasteiger partial charge on any atom is -0.394 e. The molecule has 0 aliphatic rings. The average molecular weight is 240 g/mol. The van der Waals surface area contributed by atoms with Crippen LogP contribution in [0, 0.1) is 0 Å². The first kappa shape index (κ1) is 13.6. The Morgan fingerprint density at radius 2 is 1.94 bits per heavy atom. The van der Waals surface area contributed by atoms with Gasteiger partial charge in [0, 0.05) is 4.90 Å². The minimum absolute atomic E-state index is 0.148. The van der Waals surface area contributed by atoms with Crippen molar-refractivity contribution in [3.63, 3.8) is 0 Å². The van der Waals surface area contributed by atoms with Gasteiger partial charge in [-0.05, 0) is 42.7 Å². The van der Waals surface area contributed by atoms with Crippen LogP contribution in [0.4, 0.5) is 0 Å². The molecular formula is C13H20O2S. The van der Waals surface area contributed by atoms with Gasteiger partial charge in [-0.1, -0.05) is 19.1 Å². The largest absolute Gasteiger partial charge is 0.394 e. The van der Waals surface area contributed by atoms with Gasteiger partial charge in [-0.25, -0.2) is 0 Å². The summed E-state index contributed by atoms with van der Waals surface area (Å²) < 4.78 is 0. The van der Waals surface area contributed by atoms with Crippen molar-refractivity contribution in [3.8, 4) is 0 Å². The van der Waals surface area contributed by atoms with Gasteiger partial charge in [0.1, 0.15) is 0 Å². The van der Waals surface area contributed by atoms with Crippen LogP contribution in [0.1, 0.15) is 25.3 Å². The molecule has 0 radical (unpaired) electrons. The standard InChI is InChI=1S/C13H20O2S/c1-2-9-16-13-7-4-11(5-8-13)3-6-12(15)10-14/h4-5,7-8,12,14-15H,2-3,6,9-10H2,1H3. The van der Waals surface area contributed by atoms with Crippen molar-refractivity contribution in [2.75, 3.05) is 12.4 Å². The van der Waals surface area contributed by atoms with Gasteiger partial charge in [0.15, 0.2) is 0 Å². The average Bonchev–Trinajstić information content (AvgIpc) is 2.34. The van der Waals surface area contributed by atoms with Crippen molar-refractivity contribution in [2.45, 2.75) is 37.2 Å². The van der Waals surface area contributed by atoms with Crippen LogP contribution < -0.4 is 0 Å². The van der Waals surface area contributed by atoms with E-state index in [4.69, 9.17) is 5.11 Å². The number of aliphatic hydroxyl groups excluding tert-OH is 2. The van der Waals surface area contributed by atoms with Gasteiger partial charge in [-0.15, -0.1) is 11.8 Å². The van der Waals surface area contributed by atoms with E-state index in [-0.39, 0.29) is 6.61 Å². The highest BCUT2D eigenvalue weighted by molar-refractivity contribution is 7.99. The Morgan fingerprint density at radius 3 is 2.50 bits per heavy atom. The van der Waals surface area contributed by atoms with Crippen LogP contribution in [-0.2, 0) is 6.42 Å². The van der Waals surface area contributed by atoms with Gasteiger partial charge in [0.05, 0.1) is 12.7 Å². The number of hydrogen-bond acceptors (Lipinski definition) is 3. The van der Waals surface area contributed by atoms with E-state index in [1.54, 1.807) is 0 Å². The van der Waals surface area contributed by atoms with Crippen molar-refractivity contribution in [2.24, 2.45) is 0 Å². The molecule has 1 aromatic rings. The smallest absolute Gasteiger partial charge is 0.0774 e. The molecule has 0 amide bonds. The first-order valence-corrected chi connectivity index (χ1v) is 6.75. The fourth-order valence-electron chi connectivity index (χ4n) is 1.40. The van der Waals surface area contributed by atoms with Gasteiger partial charge < -0.3 is 10.2 Å². The highest BCUT2D eigenvalue weighted by Gasteiger charge is 2.02. The van der Waals surface area contributed by atoms with Crippen LogP contribution in [-0.4, -0.2) is 28.7 Å². The topological polar surface area (TPSA) is 40.5 Å². The molecule has 1 aromatic carbocycles. The van der Waals surface area contributed by atoms with Crippen LogP contribution in [0.3, 0.4) is 0 Å². The Kier molecular flexibility index (Phi) is 6.53. The van der Waals surface area contributed by atoms with E-state index in [2.05, 4.69) is 31.2 Å². The third-order valence-corrected chi connectivity index (χ3v) is 3.59. The van der Waals surface area contributed by atoms with Crippen molar-refractivity contribution in [3.05, 3.63) is 29.8 Å². The van der Waals surface area contributed by atoms with Crippen molar-refractivity contribution in [1.29, 1.82) is 0 Å². The normalized spacial score (nSPS) is 12.7. The molecule has 0 bridgehead atoms. The van der Waals surface area contributed by atoms with Gasteiger partial charge in [-0.2, -0.15) is 0 Å². The molecule has 1 atom stereocenters. The lowest BCUT2D eigenvalue weighted by Gasteiger charge is -2.07. The Bertz CT molecular complexity index is 284. The van der Waals surface area contributed by atoms with Gasteiger partial charge in [-0.3, -0.25) is 0 Å². The predicted octanol–water partition coefficient (Wildman–Crippen LogP) is 2.47. The predicted molar refractivity (Wildman–Crippen MR) is 68.9 cm³/mol. The fourth-order valence-corrected chi connectivity index (χ4v) is 2.17. The second-order valence-electron chi connectivity index (χ2n) is 3.87. The van der Waals surface area contributed by atoms with E-state index in [1.165, 1.54) is 16.9 Å². The van der Waals surface area contributed by atoms with Crippen molar-refractivity contribution in [1.82, 2.24) is 0 Å². The Hall–Kier alpha value is -0.510. The quantitative estimate of drug-likeness (QED) is 0.719. The van der Waals surface area contributed by atoms with E-state index in [0.29, 0.717) is 6.42 Å². The zero-order chi connectivity index (χ0) is 11.8. The SMILES string of the molecule is CCCSc1ccc(CCC(O)CO)cc1. The molecule has 0 aliphatic carbocycles. The molecule has 0 saturated carbocycles. The van der Waals surface area contributed by atoms with Crippen LogP contribution >= 0.6 is 11.8 Å². The van der Waals surface area contributed by atoms with E-state index in [0.717, 1.165) is 12.2 Å². The minimum atomic E-state index is -0.589. The van der Waals surface area contributed by atoms with Gasteiger partial charge in [0.2, 0.25) is 0 Å². The van der Waals surface area contributed by atoms with Crippen LogP contribution in [0.5, 0.6) is 0 Å². The summed E-state index contributed by atoms with van der Waals surface area (Å²) in [4.78, 5) is 1.30. The van der Waals surface area contributed by atoms with E-state index in [9.17, 15) is 5.11 Å². The number of hydrogen-bond donors (Lipinski definition) is 2. The summed E-state index contributed by atoms with van der Waals surface area (Å²) in [5.74, 6) is 1.16. The zero-order valence-corrected chi connectivity index (χ0v) is 10.5. The lowest BCUT2D eigenvalue weighted by Crippen LogP contribution is -2.12. The van der Waals surface area contributed by atoms with Crippen LogP contribution in [0.25, 0.3) is 0 Å². The maximum absolute atomic E-state index is 9.24. The summed E-state index contributed by atoms with van der Waals surface area (Å²) in [7, 11) is 0. The summed E-state index contributed by atoms with van der Waals surface area (Å²) >= 11 is 1.87. The molecule has 2 nitrogen and oxygen atoms in total. The summed E-state index contributed by atoms with van der Waals surface area (Å²) in [6, 6.07) is 8.45. The zero-order valence-electron chi connectivity index (χ0n) is 9.72. The lowest BCUT2D eigenvalue weighted by atomic mass is 10.1. The lowest BCUT2D eigenvalue weighted by molar-refractivity contribution is 0.0886. The third kappa shape index (κ3) is 5.01. The van der Waals surface area contributed by atoms with Gasteiger partial charge in [0.25, 0.3) is 0 Å². The Balaban J connectivity index is 2.38. The molecule has 0 saturated heterocycles. The highest BCUT2D eigenvalue weighted by Crippen LogP contribution is 2.19. The van der Waals surface area contributed by atoms with Crippen molar-refractivity contribution < 1.29 is 10.2 Å². The van der Waals surface area contributed by atoms with Crippen molar-refractivity contribution >= 4 is 11.8 Å². The van der Waals surface area contributed by atoms with Crippen LogP contribution in [0.2, 0.25) is 0 Å². The second kappa shape index (κ2) is 7.71. The number of thioether (sulfide) groups is 1. The third-order valence-electron chi connectivity index (χ3n) is 2.37. The number of benzene rings is 1. The summed E-state index contributed by atoms with van der Waals surface area (Å²) in [5.41, 5.74) is 1.22. The van der Waals surface area contributed by atoms with E-state index < -0.39 is 6.10 Å². The molecule has 2 N–H and O–H groups in total. The molecular weight excluding hydrogens is 220 g/mol. The summed E-state index contributed by atoms with van der Waals surface area (Å²) in [6.07, 6.45) is 2.04. The number of aliphatic hydroxyl groups is 2. The number of rotatable bonds is 7. The number of aryl methyl sites for hydroxylation is 1. The molecule has 0 aromatic heterocycles. The Morgan fingerprint density at radius 1 is 1.25 bits per heavy atom. The molecule has 1 rings (SSSR count). The molecule has 3 heteroatoms. The summed E-state index contributed by atoms with van der Waals surface area (Å²) in [5, 5.41) is 17.9. The van der Waals surface area contributed by atoms with Gasteiger partial charge >= 0.3 is 0 Å². The highest BCUT2D eigenvalue weighted by atomic mass is 32.2. The second-order valence-corrected chi connectivity index (χ2v) is 5.04.